The van der Waals surface area contributed by atoms with Gasteiger partial charge in [0, 0.05) is 22.2 Å². The Hall–Kier alpha value is -2.46. The lowest BCUT2D eigenvalue weighted by atomic mass is 10.0. The lowest BCUT2D eigenvalue weighted by Crippen LogP contribution is -2.04. The summed E-state index contributed by atoms with van der Waals surface area (Å²) in [5.74, 6) is 1.23. The van der Waals surface area contributed by atoms with E-state index in [4.69, 9.17) is 16.3 Å². The zero-order valence-electron chi connectivity index (χ0n) is 13.6. The quantitative estimate of drug-likeness (QED) is 0.675. The van der Waals surface area contributed by atoms with Crippen LogP contribution in [-0.2, 0) is 0 Å². The molecule has 0 bridgehead atoms. The lowest BCUT2D eigenvalue weighted by molar-refractivity contribution is 0.270. The molecule has 3 aromatic rings. The van der Waals surface area contributed by atoms with Crippen LogP contribution in [0.3, 0.4) is 0 Å². The number of hydrogen-bond acceptors (Lipinski definition) is 3. The summed E-state index contributed by atoms with van der Waals surface area (Å²) >= 11 is 5.95. The zero-order chi connectivity index (χ0) is 17.1. The maximum Gasteiger partial charge on any atom is 0.128 e. The third-order valence-corrected chi connectivity index (χ3v) is 3.87. The number of phenolic OH excluding ortho intramolecular Hbond substituents is 1. The average molecular weight is 343 g/mol. The summed E-state index contributed by atoms with van der Waals surface area (Å²) in [6.45, 7) is 4.77. The van der Waals surface area contributed by atoms with Gasteiger partial charge in [0.1, 0.15) is 11.5 Å². The number of rotatable bonds is 5. The van der Waals surface area contributed by atoms with E-state index in [-0.39, 0.29) is 5.75 Å². The number of aromatic hydroxyl groups is 1. The van der Waals surface area contributed by atoms with E-state index in [2.05, 4.69) is 24.0 Å². The van der Waals surface area contributed by atoms with E-state index in [0.29, 0.717) is 28.9 Å². The van der Waals surface area contributed by atoms with Crippen LogP contribution in [0.4, 0.5) is 0 Å². The molecular weight excluding hydrogens is 324 g/mol. The van der Waals surface area contributed by atoms with Crippen molar-refractivity contribution in [2.75, 3.05) is 6.61 Å². The largest absolute Gasteiger partial charge is 0.507 e. The van der Waals surface area contributed by atoms with Crippen LogP contribution in [0, 0.1) is 5.92 Å². The molecule has 3 rings (SSSR count). The van der Waals surface area contributed by atoms with Crippen LogP contribution >= 0.6 is 11.6 Å². The van der Waals surface area contributed by atoms with Crippen molar-refractivity contribution in [1.82, 2.24) is 10.2 Å². The van der Waals surface area contributed by atoms with Crippen LogP contribution in [0.2, 0.25) is 5.02 Å². The van der Waals surface area contributed by atoms with Crippen molar-refractivity contribution < 1.29 is 9.84 Å². The van der Waals surface area contributed by atoms with E-state index in [1.807, 2.05) is 36.4 Å². The highest BCUT2D eigenvalue weighted by atomic mass is 35.5. The third-order valence-electron chi connectivity index (χ3n) is 3.62. The first kappa shape index (κ1) is 16.4. The van der Waals surface area contributed by atoms with Gasteiger partial charge >= 0.3 is 0 Å². The van der Waals surface area contributed by atoms with E-state index in [9.17, 15) is 5.11 Å². The Morgan fingerprint density at radius 2 is 1.88 bits per heavy atom. The number of ether oxygens (including phenoxy) is 1. The molecule has 0 atom stereocenters. The van der Waals surface area contributed by atoms with Gasteiger partial charge in [-0.3, -0.25) is 5.10 Å². The van der Waals surface area contributed by atoms with Crippen LogP contribution in [0.1, 0.15) is 13.8 Å². The highest BCUT2D eigenvalue weighted by molar-refractivity contribution is 6.30. The summed E-state index contributed by atoms with van der Waals surface area (Å²) in [4.78, 5) is 0. The summed E-state index contributed by atoms with van der Waals surface area (Å²) in [5, 5.41) is 18.2. The number of H-pyrrole nitrogens is 1. The number of benzene rings is 2. The topological polar surface area (TPSA) is 58.1 Å². The van der Waals surface area contributed by atoms with Crippen molar-refractivity contribution in [3.63, 3.8) is 0 Å². The number of aromatic nitrogens is 2. The Labute approximate surface area is 146 Å². The molecule has 0 aliphatic rings. The maximum absolute atomic E-state index is 10.4. The van der Waals surface area contributed by atoms with Crippen LogP contribution in [-0.4, -0.2) is 21.9 Å². The van der Waals surface area contributed by atoms with E-state index in [1.54, 1.807) is 12.3 Å². The fourth-order valence-corrected chi connectivity index (χ4v) is 2.54. The molecule has 1 heterocycles. The Balaban J connectivity index is 1.93. The van der Waals surface area contributed by atoms with Crippen molar-refractivity contribution in [1.29, 1.82) is 0 Å². The zero-order valence-corrected chi connectivity index (χ0v) is 14.3. The van der Waals surface area contributed by atoms with Crippen molar-refractivity contribution >= 4 is 11.6 Å². The van der Waals surface area contributed by atoms with E-state index >= 15 is 0 Å². The molecule has 0 unspecified atom stereocenters. The average Bonchev–Trinajstić information content (AvgIpc) is 3.03. The molecule has 1 aromatic heterocycles. The molecule has 0 radical (unpaired) electrons. The monoisotopic (exact) mass is 342 g/mol. The molecular formula is C19H19ClN2O2. The van der Waals surface area contributed by atoms with Gasteiger partial charge in [0.15, 0.2) is 0 Å². The molecule has 2 N–H and O–H groups in total. The van der Waals surface area contributed by atoms with Gasteiger partial charge in [-0.05, 0) is 35.7 Å². The molecule has 0 saturated heterocycles. The number of hydrogen-bond donors (Lipinski definition) is 2. The van der Waals surface area contributed by atoms with Crippen LogP contribution in [0.25, 0.3) is 22.4 Å². The first-order valence-electron chi connectivity index (χ1n) is 7.80. The molecule has 4 nitrogen and oxygen atoms in total. The van der Waals surface area contributed by atoms with Gasteiger partial charge in [-0.1, -0.05) is 37.6 Å². The molecule has 0 amide bonds. The van der Waals surface area contributed by atoms with Crippen LogP contribution in [0.5, 0.6) is 11.5 Å². The molecule has 0 aliphatic heterocycles. The molecule has 124 valence electrons. The van der Waals surface area contributed by atoms with Crippen LogP contribution in [0.15, 0.2) is 48.7 Å². The Morgan fingerprint density at radius 1 is 1.12 bits per heavy atom. The number of halogens is 1. The normalized spacial score (nSPS) is 11.0. The summed E-state index contributed by atoms with van der Waals surface area (Å²) in [6.07, 6.45) is 1.74. The summed E-state index contributed by atoms with van der Waals surface area (Å²) in [7, 11) is 0. The molecule has 0 aliphatic carbocycles. The minimum Gasteiger partial charge on any atom is -0.507 e. The van der Waals surface area contributed by atoms with E-state index in [1.165, 1.54) is 0 Å². The maximum atomic E-state index is 10.4. The molecule has 0 spiro atoms. The Morgan fingerprint density at radius 3 is 2.54 bits per heavy atom. The summed E-state index contributed by atoms with van der Waals surface area (Å²) in [6, 6.07) is 12.8. The lowest BCUT2D eigenvalue weighted by Gasteiger charge is -2.11. The second-order valence-corrected chi connectivity index (χ2v) is 6.49. The van der Waals surface area contributed by atoms with E-state index < -0.39 is 0 Å². The molecule has 2 aromatic carbocycles. The molecule has 5 heteroatoms. The van der Waals surface area contributed by atoms with Gasteiger partial charge in [0.05, 0.1) is 18.5 Å². The number of aromatic amines is 1. The SMILES string of the molecule is CC(C)COc1ccc(-c2[nH]ncc2-c2ccc(Cl)cc2)c(O)c1. The van der Waals surface area contributed by atoms with Gasteiger partial charge in [0.25, 0.3) is 0 Å². The van der Waals surface area contributed by atoms with Crippen molar-refractivity contribution in [3.05, 3.63) is 53.7 Å². The highest BCUT2D eigenvalue weighted by Crippen LogP contribution is 2.37. The Kier molecular flexibility index (Phi) is 4.76. The van der Waals surface area contributed by atoms with Gasteiger partial charge in [-0.15, -0.1) is 0 Å². The van der Waals surface area contributed by atoms with Crippen molar-refractivity contribution in [3.8, 4) is 33.9 Å². The Bertz CT molecular complexity index is 826. The van der Waals surface area contributed by atoms with Crippen molar-refractivity contribution in [2.45, 2.75) is 13.8 Å². The molecule has 0 fully saturated rings. The molecule has 24 heavy (non-hydrogen) atoms. The fraction of sp³-hybridized carbons (Fsp3) is 0.211. The van der Waals surface area contributed by atoms with Crippen LogP contribution < -0.4 is 4.74 Å². The van der Waals surface area contributed by atoms with Gasteiger partial charge in [-0.2, -0.15) is 5.10 Å². The molecule has 0 saturated carbocycles. The van der Waals surface area contributed by atoms with Gasteiger partial charge in [0.2, 0.25) is 0 Å². The minimum absolute atomic E-state index is 0.149. The number of nitrogens with zero attached hydrogens (tertiary/aromatic N) is 1. The second-order valence-electron chi connectivity index (χ2n) is 6.05. The standard InChI is InChI=1S/C19H19ClN2O2/c1-12(2)11-24-15-7-8-16(18(23)9-15)19-17(10-21-22-19)13-3-5-14(20)6-4-13/h3-10,12,23H,11H2,1-2H3,(H,21,22). The second kappa shape index (κ2) is 6.97. The number of phenols is 1. The summed E-state index contributed by atoms with van der Waals surface area (Å²) in [5.41, 5.74) is 3.31. The fourth-order valence-electron chi connectivity index (χ4n) is 2.42. The smallest absolute Gasteiger partial charge is 0.128 e. The predicted octanol–water partition coefficient (Wildman–Crippen LogP) is 5.14. The third kappa shape index (κ3) is 3.54. The van der Waals surface area contributed by atoms with Crippen molar-refractivity contribution in [2.24, 2.45) is 5.92 Å². The number of nitrogens with one attached hydrogen (secondary N) is 1. The van der Waals surface area contributed by atoms with Gasteiger partial charge < -0.3 is 9.84 Å². The summed E-state index contributed by atoms with van der Waals surface area (Å²) < 4.78 is 5.65. The van der Waals surface area contributed by atoms with E-state index in [0.717, 1.165) is 16.8 Å². The van der Waals surface area contributed by atoms with Gasteiger partial charge in [-0.25, -0.2) is 0 Å². The highest BCUT2D eigenvalue weighted by Gasteiger charge is 2.14. The first-order chi connectivity index (χ1) is 11.5. The predicted molar refractivity (Wildman–Crippen MR) is 96.5 cm³/mol. The first-order valence-corrected chi connectivity index (χ1v) is 8.18. The minimum atomic E-state index is 0.149.